The van der Waals surface area contributed by atoms with Crippen LogP contribution in [0.3, 0.4) is 0 Å². The Hall–Kier alpha value is -2.02. The molecule has 2 aromatic rings. The van der Waals surface area contributed by atoms with Crippen LogP contribution >= 0.6 is 0 Å². The molecule has 1 atom stereocenters. The topological polar surface area (TPSA) is 68.4 Å². The summed E-state index contributed by atoms with van der Waals surface area (Å²) >= 11 is 0. The lowest BCUT2D eigenvalue weighted by molar-refractivity contribution is 0.0272. The van der Waals surface area contributed by atoms with Gasteiger partial charge in [0.15, 0.2) is 17.0 Å². The summed E-state index contributed by atoms with van der Waals surface area (Å²) in [7, 11) is 3.80. The first kappa shape index (κ1) is 13.4. The van der Waals surface area contributed by atoms with E-state index in [2.05, 4.69) is 19.9 Å². The summed E-state index contributed by atoms with van der Waals surface area (Å²) in [6.45, 7) is 4.55. The van der Waals surface area contributed by atoms with Crippen molar-refractivity contribution < 1.29 is 4.74 Å². The molecule has 2 aromatic heterocycles. The molecule has 0 saturated heterocycles. The van der Waals surface area contributed by atoms with E-state index in [0.29, 0.717) is 17.9 Å². The van der Waals surface area contributed by atoms with Crippen LogP contribution in [0.25, 0.3) is 11.2 Å². The fourth-order valence-corrected chi connectivity index (χ4v) is 1.69. The van der Waals surface area contributed by atoms with Gasteiger partial charge in [0.1, 0.15) is 12.6 Å². The van der Waals surface area contributed by atoms with Crippen LogP contribution < -0.4 is 0 Å². The molecule has 0 aliphatic heterocycles. The first-order chi connectivity index (χ1) is 9.13. The van der Waals surface area contributed by atoms with Crippen LogP contribution in [0.15, 0.2) is 17.6 Å². The van der Waals surface area contributed by atoms with Gasteiger partial charge < -0.3 is 9.64 Å². The van der Waals surface area contributed by atoms with Gasteiger partial charge in [0.05, 0.1) is 12.7 Å². The Balaban J connectivity index is 2.42. The molecule has 7 nitrogen and oxygen atoms in total. The van der Waals surface area contributed by atoms with Gasteiger partial charge in [-0.3, -0.25) is 4.57 Å². The monoisotopic (exact) mass is 262 g/mol. The van der Waals surface area contributed by atoms with Crippen molar-refractivity contribution in [1.29, 1.82) is 0 Å². The van der Waals surface area contributed by atoms with Crippen LogP contribution in [-0.4, -0.2) is 51.5 Å². The highest BCUT2D eigenvalue weighted by molar-refractivity contribution is 5.82. The number of fused-ring (bicyclic) bond motifs is 1. The molecule has 102 valence electrons. The van der Waals surface area contributed by atoms with Crippen molar-refractivity contribution in [2.45, 2.75) is 20.1 Å². The average molecular weight is 262 g/mol. The third kappa shape index (κ3) is 2.87. The summed E-state index contributed by atoms with van der Waals surface area (Å²) < 4.78 is 7.42. The normalized spacial score (nSPS) is 13.3. The number of hydrogen-bond acceptors (Lipinski definition) is 5. The second-order valence-electron chi connectivity index (χ2n) is 4.28. The number of imidazole rings is 1. The van der Waals surface area contributed by atoms with Crippen LogP contribution in [0.1, 0.15) is 20.1 Å². The fourth-order valence-electron chi connectivity index (χ4n) is 1.69. The molecule has 0 bridgehead atoms. The minimum absolute atomic E-state index is 0.115. The highest BCUT2D eigenvalue weighted by Crippen LogP contribution is 2.22. The molecule has 0 spiro atoms. The van der Waals surface area contributed by atoms with Crippen LogP contribution in [0.4, 0.5) is 5.82 Å². The molecule has 0 saturated carbocycles. The Bertz CT molecular complexity index is 577. The maximum atomic E-state index is 5.55. The Labute approximate surface area is 112 Å². The Morgan fingerprint density at radius 2 is 2.21 bits per heavy atom. The van der Waals surface area contributed by atoms with Gasteiger partial charge in [0.25, 0.3) is 0 Å². The molecule has 7 heteroatoms. The van der Waals surface area contributed by atoms with Crippen molar-refractivity contribution >= 4 is 23.3 Å². The summed E-state index contributed by atoms with van der Waals surface area (Å²) in [6.07, 6.45) is 4.76. The van der Waals surface area contributed by atoms with E-state index >= 15 is 0 Å². The van der Waals surface area contributed by atoms with Gasteiger partial charge >= 0.3 is 0 Å². The van der Waals surface area contributed by atoms with Gasteiger partial charge in [0.2, 0.25) is 0 Å². The number of aliphatic imine (C=N–C) groups is 1. The first-order valence-electron chi connectivity index (χ1n) is 6.13. The number of nitrogens with zero attached hydrogens (tertiary/aromatic N) is 6. The lowest BCUT2D eigenvalue weighted by atomic mass is 10.5. The summed E-state index contributed by atoms with van der Waals surface area (Å²) in [5, 5.41) is 0. The van der Waals surface area contributed by atoms with E-state index in [-0.39, 0.29) is 6.23 Å². The van der Waals surface area contributed by atoms with Crippen LogP contribution in [0.5, 0.6) is 0 Å². The second-order valence-corrected chi connectivity index (χ2v) is 4.28. The molecule has 0 fully saturated rings. The van der Waals surface area contributed by atoms with Crippen LogP contribution in [0, 0.1) is 0 Å². The Morgan fingerprint density at radius 1 is 1.42 bits per heavy atom. The molecule has 0 radical (unpaired) electrons. The molecular formula is C12H18N6O. The van der Waals surface area contributed by atoms with Gasteiger partial charge in [-0.25, -0.2) is 19.9 Å². The standard InChI is InChI=1S/C12H18N6O/c1-5-19-9(2)18-8-15-10-11(16-7-17(3)4)13-6-14-12(10)18/h6-9H,5H2,1-4H3. The van der Waals surface area contributed by atoms with Crippen molar-refractivity contribution in [1.82, 2.24) is 24.4 Å². The van der Waals surface area contributed by atoms with Crippen molar-refractivity contribution in [2.24, 2.45) is 4.99 Å². The van der Waals surface area contributed by atoms with Crippen molar-refractivity contribution in [2.75, 3.05) is 20.7 Å². The number of hydrogen-bond donors (Lipinski definition) is 0. The van der Waals surface area contributed by atoms with Gasteiger partial charge in [-0.1, -0.05) is 0 Å². The van der Waals surface area contributed by atoms with E-state index in [1.54, 1.807) is 12.7 Å². The average Bonchev–Trinajstić information content (AvgIpc) is 2.80. The van der Waals surface area contributed by atoms with E-state index in [1.165, 1.54) is 6.33 Å². The van der Waals surface area contributed by atoms with Gasteiger partial charge in [-0.15, -0.1) is 0 Å². The molecule has 1 unspecified atom stereocenters. The molecule has 0 aliphatic rings. The molecule has 0 N–H and O–H groups in total. The Morgan fingerprint density at radius 3 is 2.89 bits per heavy atom. The van der Waals surface area contributed by atoms with E-state index < -0.39 is 0 Å². The molecule has 0 aliphatic carbocycles. The van der Waals surface area contributed by atoms with E-state index in [0.717, 1.165) is 5.65 Å². The molecule has 19 heavy (non-hydrogen) atoms. The molecule has 2 rings (SSSR count). The van der Waals surface area contributed by atoms with E-state index in [1.807, 2.05) is 37.4 Å². The SMILES string of the molecule is CCOC(C)n1cnc2c(N=CN(C)C)ncnc21. The highest BCUT2D eigenvalue weighted by atomic mass is 16.5. The molecular weight excluding hydrogens is 244 g/mol. The van der Waals surface area contributed by atoms with Gasteiger partial charge in [-0.2, -0.15) is 0 Å². The van der Waals surface area contributed by atoms with Crippen molar-refractivity contribution in [3.63, 3.8) is 0 Å². The highest BCUT2D eigenvalue weighted by Gasteiger charge is 2.13. The fraction of sp³-hybridized carbons (Fsp3) is 0.500. The smallest absolute Gasteiger partial charge is 0.184 e. The van der Waals surface area contributed by atoms with Gasteiger partial charge in [0, 0.05) is 20.7 Å². The lowest BCUT2D eigenvalue weighted by Crippen LogP contribution is -2.09. The van der Waals surface area contributed by atoms with E-state index in [9.17, 15) is 0 Å². The van der Waals surface area contributed by atoms with E-state index in [4.69, 9.17) is 4.74 Å². The third-order valence-electron chi connectivity index (χ3n) is 2.55. The predicted octanol–water partition coefficient (Wildman–Crippen LogP) is 1.60. The predicted molar refractivity (Wildman–Crippen MR) is 73.5 cm³/mol. The third-order valence-corrected chi connectivity index (χ3v) is 2.55. The lowest BCUT2D eigenvalue weighted by Gasteiger charge is -2.13. The quantitative estimate of drug-likeness (QED) is 0.604. The zero-order valence-corrected chi connectivity index (χ0v) is 11.6. The molecule has 0 amide bonds. The van der Waals surface area contributed by atoms with Gasteiger partial charge in [-0.05, 0) is 13.8 Å². The zero-order chi connectivity index (χ0) is 13.8. The van der Waals surface area contributed by atoms with Crippen molar-refractivity contribution in [3.05, 3.63) is 12.7 Å². The number of aromatic nitrogens is 4. The molecule has 2 heterocycles. The number of rotatable bonds is 5. The largest absolute Gasteiger partial charge is 0.369 e. The zero-order valence-electron chi connectivity index (χ0n) is 11.6. The maximum absolute atomic E-state index is 5.55. The first-order valence-corrected chi connectivity index (χ1v) is 6.13. The molecule has 0 aromatic carbocycles. The van der Waals surface area contributed by atoms with Crippen LogP contribution in [-0.2, 0) is 4.74 Å². The minimum atomic E-state index is -0.115. The maximum Gasteiger partial charge on any atom is 0.184 e. The summed E-state index contributed by atoms with van der Waals surface area (Å²) in [5.41, 5.74) is 1.40. The summed E-state index contributed by atoms with van der Waals surface area (Å²) in [5.74, 6) is 0.557. The summed E-state index contributed by atoms with van der Waals surface area (Å²) in [4.78, 5) is 18.9. The summed E-state index contributed by atoms with van der Waals surface area (Å²) in [6, 6.07) is 0. The minimum Gasteiger partial charge on any atom is -0.369 e. The number of ether oxygens (including phenoxy) is 1. The van der Waals surface area contributed by atoms with Crippen molar-refractivity contribution in [3.8, 4) is 0 Å². The second kappa shape index (κ2) is 5.75. The van der Waals surface area contributed by atoms with Crippen LogP contribution in [0.2, 0.25) is 0 Å². The Kier molecular flexibility index (Phi) is 4.06.